The van der Waals surface area contributed by atoms with Gasteiger partial charge in [0.25, 0.3) is 5.89 Å². The van der Waals surface area contributed by atoms with Gasteiger partial charge in [-0.15, -0.1) is 0 Å². The van der Waals surface area contributed by atoms with Gasteiger partial charge < -0.3 is 9.84 Å². The molecular weight excluding hydrogens is 554 g/mol. The molecule has 1 aliphatic rings. The monoisotopic (exact) mass is 574 g/mol. The predicted octanol–water partition coefficient (Wildman–Crippen LogP) is 5.63. The van der Waals surface area contributed by atoms with Gasteiger partial charge in [-0.05, 0) is 60.9 Å². The molecule has 0 saturated heterocycles. The fourth-order valence-corrected chi connectivity index (χ4v) is 5.81. The van der Waals surface area contributed by atoms with Crippen molar-refractivity contribution in [3.05, 3.63) is 87.5 Å². The molecule has 2 heterocycles. The van der Waals surface area contributed by atoms with Crippen LogP contribution in [0.15, 0.2) is 64.3 Å². The smallest absolute Gasteiger partial charge is 0.257 e. The van der Waals surface area contributed by atoms with E-state index < -0.39 is 15.3 Å². The van der Waals surface area contributed by atoms with Crippen LogP contribution >= 0.6 is 23.2 Å². The van der Waals surface area contributed by atoms with Crippen LogP contribution in [0.1, 0.15) is 36.7 Å². The highest BCUT2D eigenvalue weighted by Gasteiger charge is 2.52. The Labute approximate surface area is 228 Å². The van der Waals surface area contributed by atoms with Crippen molar-refractivity contribution in [1.82, 2.24) is 15.1 Å². The lowest BCUT2D eigenvalue weighted by Crippen LogP contribution is -2.16. The summed E-state index contributed by atoms with van der Waals surface area (Å²) >= 11 is 13.3. The number of carbonyl (C=O) groups excluding carboxylic acids is 1. The summed E-state index contributed by atoms with van der Waals surface area (Å²) in [4.78, 5) is 21.1. The number of carbonyl (C=O) groups is 1. The summed E-state index contributed by atoms with van der Waals surface area (Å²) in [6.45, 7) is 1.54. The fraction of sp³-hybridized carbons (Fsp3) is 0.231. The maximum atomic E-state index is 13.3. The summed E-state index contributed by atoms with van der Waals surface area (Å²) in [5, 5.41) is 7.56. The SMILES string of the molecule is CCS(=O)(=O)c1ccc(CC(=O)Nc2cc(Cl)c(C3(c4noc(-c5ccc(F)cc5)n4)CC3)c(Cl)c2)cn1. The summed E-state index contributed by atoms with van der Waals surface area (Å²) in [5.41, 5.74) is 1.57. The Hall–Kier alpha value is -3.34. The van der Waals surface area contributed by atoms with Crippen molar-refractivity contribution in [2.24, 2.45) is 0 Å². The molecule has 1 fully saturated rings. The van der Waals surface area contributed by atoms with Crippen molar-refractivity contribution in [2.75, 3.05) is 11.1 Å². The van der Waals surface area contributed by atoms with Crippen LogP contribution in [0.25, 0.3) is 11.5 Å². The van der Waals surface area contributed by atoms with Gasteiger partial charge in [0.15, 0.2) is 20.7 Å². The van der Waals surface area contributed by atoms with Gasteiger partial charge in [0, 0.05) is 33.1 Å². The first kappa shape index (κ1) is 26.3. The highest BCUT2D eigenvalue weighted by Crippen LogP contribution is 2.57. The molecule has 0 bridgehead atoms. The lowest BCUT2D eigenvalue weighted by Gasteiger charge is -2.17. The molecule has 4 aromatic rings. The number of sulfone groups is 1. The quantitative estimate of drug-likeness (QED) is 0.290. The molecule has 38 heavy (non-hydrogen) atoms. The number of amides is 1. The molecule has 2 aromatic carbocycles. The van der Waals surface area contributed by atoms with Crippen LogP contribution in [0.4, 0.5) is 10.1 Å². The molecule has 196 valence electrons. The van der Waals surface area contributed by atoms with Crippen LogP contribution in [-0.4, -0.2) is 35.2 Å². The third-order valence-corrected chi connectivity index (χ3v) is 8.60. The molecule has 12 heteroatoms. The minimum Gasteiger partial charge on any atom is -0.334 e. The maximum absolute atomic E-state index is 13.3. The highest BCUT2D eigenvalue weighted by molar-refractivity contribution is 7.91. The molecular formula is C26H21Cl2FN4O4S. The first-order valence-electron chi connectivity index (χ1n) is 11.7. The minimum atomic E-state index is -3.42. The van der Waals surface area contributed by atoms with Gasteiger partial charge in [-0.25, -0.2) is 17.8 Å². The van der Waals surface area contributed by atoms with Crippen molar-refractivity contribution in [1.29, 1.82) is 0 Å². The zero-order valence-electron chi connectivity index (χ0n) is 20.0. The van der Waals surface area contributed by atoms with Crippen molar-refractivity contribution < 1.29 is 22.1 Å². The van der Waals surface area contributed by atoms with E-state index in [9.17, 15) is 17.6 Å². The Morgan fingerprint density at radius 2 is 1.79 bits per heavy atom. The van der Waals surface area contributed by atoms with E-state index in [1.807, 2.05) is 0 Å². The van der Waals surface area contributed by atoms with Crippen LogP contribution in [0.3, 0.4) is 0 Å². The third-order valence-electron chi connectivity index (χ3n) is 6.36. The topological polar surface area (TPSA) is 115 Å². The third kappa shape index (κ3) is 5.16. The van der Waals surface area contributed by atoms with Crippen LogP contribution in [0.2, 0.25) is 10.0 Å². The van der Waals surface area contributed by atoms with Crippen LogP contribution in [-0.2, 0) is 26.5 Å². The summed E-state index contributed by atoms with van der Waals surface area (Å²) in [5.74, 6) is -0.0765. The van der Waals surface area contributed by atoms with E-state index in [1.54, 1.807) is 37.3 Å². The molecule has 0 atom stereocenters. The molecule has 1 saturated carbocycles. The van der Waals surface area contributed by atoms with Gasteiger partial charge >= 0.3 is 0 Å². The summed E-state index contributed by atoms with van der Waals surface area (Å²) < 4.78 is 42.5. The number of nitrogens with one attached hydrogen (secondary N) is 1. The molecule has 0 radical (unpaired) electrons. The van der Waals surface area contributed by atoms with Crippen LogP contribution in [0, 0.1) is 5.82 Å². The second-order valence-electron chi connectivity index (χ2n) is 8.96. The van der Waals surface area contributed by atoms with E-state index >= 15 is 0 Å². The van der Waals surface area contributed by atoms with Gasteiger partial charge in [0.1, 0.15) is 5.82 Å². The number of rotatable bonds is 8. The Morgan fingerprint density at radius 3 is 2.37 bits per heavy atom. The van der Waals surface area contributed by atoms with Crippen molar-refractivity contribution in [3.63, 3.8) is 0 Å². The lowest BCUT2D eigenvalue weighted by molar-refractivity contribution is -0.115. The van der Waals surface area contributed by atoms with E-state index in [0.717, 1.165) is 0 Å². The number of halogens is 3. The zero-order chi connectivity index (χ0) is 27.1. The number of nitrogens with zero attached hydrogens (tertiary/aromatic N) is 3. The Bertz CT molecular complexity index is 1600. The first-order valence-corrected chi connectivity index (χ1v) is 14.1. The van der Waals surface area contributed by atoms with Gasteiger partial charge in [-0.1, -0.05) is 41.3 Å². The number of pyridine rings is 1. The standard InChI is InChI=1S/C26H21Cl2FN4O4S/c1-2-38(35,36)22-8-3-15(14-30-22)11-21(34)31-18-12-19(27)23(20(28)13-18)26(9-10-26)25-32-24(37-33-25)16-4-6-17(29)7-5-16/h3-8,12-14H,2,9-11H2,1H3,(H,31,34). The summed E-state index contributed by atoms with van der Waals surface area (Å²) in [6, 6.07) is 11.9. The predicted molar refractivity (Wildman–Crippen MR) is 140 cm³/mol. The molecule has 1 N–H and O–H groups in total. The second-order valence-corrected chi connectivity index (χ2v) is 12.0. The average molecular weight is 575 g/mol. The largest absolute Gasteiger partial charge is 0.334 e. The number of hydrogen-bond donors (Lipinski definition) is 1. The molecule has 2 aromatic heterocycles. The lowest BCUT2D eigenvalue weighted by atomic mass is 9.94. The highest BCUT2D eigenvalue weighted by atomic mass is 35.5. The normalized spacial score (nSPS) is 14.3. The van der Waals surface area contributed by atoms with E-state index in [4.69, 9.17) is 27.7 Å². The Morgan fingerprint density at radius 1 is 1.11 bits per heavy atom. The van der Waals surface area contributed by atoms with Crippen LogP contribution < -0.4 is 5.32 Å². The Balaban J connectivity index is 1.32. The van der Waals surface area contributed by atoms with Gasteiger partial charge in [-0.2, -0.15) is 4.98 Å². The van der Waals surface area contributed by atoms with E-state index in [0.29, 0.717) is 51.1 Å². The first-order chi connectivity index (χ1) is 18.1. The number of benzene rings is 2. The zero-order valence-corrected chi connectivity index (χ0v) is 22.4. The summed E-state index contributed by atoms with van der Waals surface area (Å²) in [6.07, 6.45) is 2.76. The molecule has 0 aliphatic heterocycles. The van der Waals surface area contributed by atoms with Gasteiger partial charge in [-0.3, -0.25) is 4.79 Å². The van der Waals surface area contributed by atoms with Crippen molar-refractivity contribution in [2.45, 2.75) is 36.6 Å². The fourth-order valence-electron chi connectivity index (χ4n) is 4.18. The summed E-state index contributed by atoms with van der Waals surface area (Å²) in [7, 11) is -3.42. The van der Waals surface area contributed by atoms with E-state index in [1.165, 1.54) is 24.4 Å². The molecule has 1 aliphatic carbocycles. The van der Waals surface area contributed by atoms with Gasteiger partial charge in [0.2, 0.25) is 5.91 Å². The average Bonchev–Trinajstić information content (AvgIpc) is 3.51. The van der Waals surface area contributed by atoms with Crippen molar-refractivity contribution in [3.8, 4) is 11.5 Å². The van der Waals surface area contributed by atoms with E-state index in [-0.39, 0.29) is 34.8 Å². The number of hydrogen-bond acceptors (Lipinski definition) is 7. The minimum absolute atomic E-state index is 0.0185. The molecule has 5 rings (SSSR count). The van der Waals surface area contributed by atoms with Crippen molar-refractivity contribution >= 4 is 44.6 Å². The molecule has 8 nitrogen and oxygen atoms in total. The molecule has 1 amide bonds. The second kappa shape index (κ2) is 10.1. The molecule has 0 unspecified atom stereocenters. The van der Waals surface area contributed by atoms with Gasteiger partial charge in [0.05, 0.1) is 17.6 Å². The van der Waals surface area contributed by atoms with Crippen LogP contribution in [0.5, 0.6) is 0 Å². The number of anilines is 1. The Kier molecular flexibility index (Phi) is 6.97. The molecule has 0 spiro atoms. The maximum Gasteiger partial charge on any atom is 0.257 e. The number of aromatic nitrogens is 3. The van der Waals surface area contributed by atoms with E-state index in [2.05, 4.69) is 20.4 Å².